The van der Waals surface area contributed by atoms with E-state index in [4.69, 9.17) is 4.74 Å². The van der Waals surface area contributed by atoms with E-state index in [-0.39, 0.29) is 11.2 Å². The summed E-state index contributed by atoms with van der Waals surface area (Å²) in [5.74, 6) is 0.707. The first-order chi connectivity index (χ1) is 7.77. The fraction of sp³-hybridized carbons (Fsp3) is 0.538. The molecule has 1 aromatic carbocycles. The molecule has 0 radical (unpaired) electrons. The number of nitrogens with one attached hydrogen (secondary N) is 1. The van der Waals surface area contributed by atoms with E-state index in [2.05, 4.69) is 5.32 Å². The first-order valence-electron chi connectivity index (χ1n) is 5.89. The lowest BCUT2D eigenvalue weighted by Crippen LogP contribution is -2.43. The van der Waals surface area contributed by atoms with Crippen molar-refractivity contribution in [1.82, 2.24) is 5.32 Å². The van der Waals surface area contributed by atoms with Gasteiger partial charge in [-0.2, -0.15) is 0 Å². The van der Waals surface area contributed by atoms with Crippen LogP contribution in [0.3, 0.4) is 0 Å². The lowest BCUT2D eigenvalue weighted by Gasteiger charge is -2.41. The van der Waals surface area contributed by atoms with Gasteiger partial charge in [0.2, 0.25) is 0 Å². The highest BCUT2D eigenvalue weighted by Gasteiger charge is 2.36. The van der Waals surface area contributed by atoms with Crippen molar-refractivity contribution in [3.8, 4) is 5.75 Å². The molecule has 0 aliphatic carbocycles. The molecular weight excluding hydrogens is 205 g/mol. The maximum Gasteiger partial charge on any atom is 0.123 e. The van der Waals surface area contributed by atoms with Gasteiger partial charge in [-0.3, -0.25) is 0 Å². The summed E-state index contributed by atoms with van der Waals surface area (Å²) in [7, 11) is 0. The summed E-state index contributed by atoms with van der Waals surface area (Å²) in [6.45, 7) is 2.88. The van der Waals surface area contributed by atoms with E-state index in [0.717, 1.165) is 50.3 Å². The Morgan fingerprint density at radius 1 is 1.25 bits per heavy atom. The minimum Gasteiger partial charge on any atom is -0.493 e. The van der Waals surface area contributed by atoms with Crippen molar-refractivity contribution in [1.29, 1.82) is 0 Å². The van der Waals surface area contributed by atoms with Crippen molar-refractivity contribution >= 4 is 0 Å². The van der Waals surface area contributed by atoms with Crippen LogP contribution >= 0.6 is 0 Å². The van der Waals surface area contributed by atoms with Gasteiger partial charge in [0, 0.05) is 5.41 Å². The number of halogens is 1. The first kappa shape index (κ1) is 10.1. The van der Waals surface area contributed by atoms with E-state index in [1.54, 1.807) is 12.1 Å². The average Bonchev–Trinajstić information content (AvgIpc) is 2.29. The van der Waals surface area contributed by atoms with Crippen LogP contribution in [0, 0.1) is 11.2 Å². The number of ether oxygens (including phenoxy) is 1. The third kappa shape index (κ3) is 1.69. The molecule has 3 heteroatoms. The lowest BCUT2D eigenvalue weighted by molar-refractivity contribution is 0.0848. The number of piperidine rings is 1. The lowest BCUT2D eigenvalue weighted by atomic mass is 9.73. The molecule has 1 saturated heterocycles. The zero-order chi connectivity index (χ0) is 11.0. The Morgan fingerprint density at radius 3 is 2.88 bits per heavy atom. The van der Waals surface area contributed by atoms with Gasteiger partial charge in [0.1, 0.15) is 11.6 Å². The fourth-order valence-corrected chi connectivity index (χ4v) is 2.79. The molecule has 1 fully saturated rings. The van der Waals surface area contributed by atoms with Gasteiger partial charge in [0.25, 0.3) is 0 Å². The van der Waals surface area contributed by atoms with Crippen molar-refractivity contribution < 1.29 is 9.13 Å². The van der Waals surface area contributed by atoms with Crippen LogP contribution in [0.25, 0.3) is 0 Å². The number of rotatable bonds is 0. The van der Waals surface area contributed by atoms with Crippen molar-refractivity contribution in [2.24, 2.45) is 5.41 Å². The molecule has 86 valence electrons. The number of fused-ring (bicyclic) bond motifs is 1. The molecule has 0 unspecified atom stereocenters. The van der Waals surface area contributed by atoms with Crippen LogP contribution in [0.5, 0.6) is 5.75 Å². The van der Waals surface area contributed by atoms with E-state index in [9.17, 15) is 4.39 Å². The minimum atomic E-state index is -0.159. The third-order valence-electron chi connectivity index (χ3n) is 3.79. The third-order valence-corrected chi connectivity index (χ3v) is 3.79. The van der Waals surface area contributed by atoms with E-state index in [0.29, 0.717) is 0 Å². The molecule has 3 rings (SSSR count). The maximum absolute atomic E-state index is 13.2. The average molecular weight is 221 g/mol. The fourth-order valence-electron chi connectivity index (χ4n) is 2.79. The number of hydrogen-bond acceptors (Lipinski definition) is 2. The van der Waals surface area contributed by atoms with Crippen LogP contribution in [0.15, 0.2) is 18.2 Å². The van der Waals surface area contributed by atoms with E-state index in [1.807, 2.05) is 0 Å². The van der Waals surface area contributed by atoms with Crippen LogP contribution in [-0.2, 0) is 6.42 Å². The quantitative estimate of drug-likeness (QED) is 0.724. The Balaban J connectivity index is 1.89. The van der Waals surface area contributed by atoms with Crippen LogP contribution in [0.2, 0.25) is 0 Å². The second kappa shape index (κ2) is 3.74. The Bertz CT molecular complexity index is 399. The molecule has 0 bridgehead atoms. The van der Waals surface area contributed by atoms with Gasteiger partial charge < -0.3 is 10.1 Å². The van der Waals surface area contributed by atoms with Crippen molar-refractivity contribution in [3.05, 3.63) is 29.6 Å². The molecule has 1 N–H and O–H groups in total. The topological polar surface area (TPSA) is 21.3 Å². The minimum absolute atomic E-state index is 0.159. The molecule has 1 spiro atoms. The van der Waals surface area contributed by atoms with Crippen molar-refractivity contribution in [2.75, 3.05) is 19.7 Å². The monoisotopic (exact) mass is 221 g/mol. The van der Waals surface area contributed by atoms with Crippen LogP contribution in [0.1, 0.15) is 18.4 Å². The molecule has 2 aliphatic heterocycles. The molecule has 0 saturated carbocycles. The normalized spacial score (nSPS) is 22.6. The first-order valence-corrected chi connectivity index (χ1v) is 5.89. The summed E-state index contributed by atoms with van der Waals surface area (Å²) in [5.41, 5.74) is 1.28. The Labute approximate surface area is 94.8 Å². The van der Waals surface area contributed by atoms with Gasteiger partial charge >= 0.3 is 0 Å². The predicted molar refractivity (Wildman–Crippen MR) is 60.1 cm³/mol. The Morgan fingerprint density at radius 2 is 2.06 bits per heavy atom. The standard InChI is InChI=1S/C13H16FNO/c14-11-1-2-12-10(7-11)8-13(9-16-12)3-5-15-6-4-13/h1-2,7,15H,3-6,8-9H2. The van der Waals surface area contributed by atoms with Crippen molar-refractivity contribution in [2.45, 2.75) is 19.3 Å². The molecular formula is C13H16FNO. The van der Waals surface area contributed by atoms with Crippen molar-refractivity contribution in [3.63, 3.8) is 0 Å². The van der Waals surface area contributed by atoms with E-state index < -0.39 is 0 Å². The highest BCUT2D eigenvalue weighted by Crippen LogP contribution is 2.40. The van der Waals surface area contributed by atoms with Gasteiger partial charge in [-0.25, -0.2) is 4.39 Å². The van der Waals surface area contributed by atoms with Crippen LogP contribution in [0.4, 0.5) is 4.39 Å². The summed E-state index contributed by atoms with van der Waals surface area (Å²) in [4.78, 5) is 0. The molecule has 0 amide bonds. The largest absolute Gasteiger partial charge is 0.493 e. The zero-order valence-electron chi connectivity index (χ0n) is 9.26. The summed E-state index contributed by atoms with van der Waals surface area (Å²) >= 11 is 0. The Kier molecular flexibility index (Phi) is 2.36. The molecule has 1 aromatic rings. The highest BCUT2D eigenvalue weighted by molar-refractivity contribution is 5.36. The molecule has 2 aliphatic rings. The predicted octanol–water partition coefficient (Wildman–Crippen LogP) is 2.13. The molecule has 0 aromatic heterocycles. The van der Waals surface area contributed by atoms with Gasteiger partial charge in [0.05, 0.1) is 6.61 Å². The van der Waals surface area contributed by atoms with Gasteiger partial charge in [-0.15, -0.1) is 0 Å². The zero-order valence-corrected chi connectivity index (χ0v) is 9.26. The van der Waals surface area contributed by atoms with Gasteiger partial charge in [-0.05, 0) is 56.1 Å². The van der Waals surface area contributed by atoms with Crippen LogP contribution < -0.4 is 10.1 Å². The molecule has 2 nitrogen and oxygen atoms in total. The Hall–Kier alpha value is -1.09. The van der Waals surface area contributed by atoms with E-state index >= 15 is 0 Å². The molecule has 2 heterocycles. The molecule has 0 atom stereocenters. The van der Waals surface area contributed by atoms with Crippen LogP contribution in [-0.4, -0.2) is 19.7 Å². The maximum atomic E-state index is 13.2. The summed E-state index contributed by atoms with van der Waals surface area (Å²) in [6.07, 6.45) is 3.22. The second-order valence-electron chi connectivity index (χ2n) is 4.97. The summed E-state index contributed by atoms with van der Waals surface area (Å²) < 4.78 is 19.0. The number of benzene rings is 1. The summed E-state index contributed by atoms with van der Waals surface area (Å²) in [6, 6.07) is 4.84. The second-order valence-corrected chi connectivity index (χ2v) is 4.97. The van der Waals surface area contributed by atoms with E-state index in [1.165, 1.54) is 6.07 Å². The van der Waals surface area contributed by atoms with Gasteiger partial charge in [-0.1, -0.05) is 0 Å². The highest BCUT2D eigenvalue weighted by atomic mass is 19.1. The SMILES string of the molecule is Fc1ccc2c(c1)CC1(CCNCC1)CO2. The van der Waals surface area contributed by atoms with Gasteiger partial charge in [0.15, 0.2) is 0 Å². The molecule has 16 heavy (non-hydrogen) atoms. The smallest absolute Gasteiger partial charge is 0.123 e. The number of hydrogen-bond donors (Lipinski definition) is 1. The summed E-state index contributed by atoms with van der Waals surface area (Å²) in [5, 5.41) is 3.36.